The Balaban J connectivity index is 2.34. The lowest BCUT2D eigenvalue weighted by atomic mass is 10.2. The monoisotopic (exact) mass is 244 g/mol. The van der Waals surface area contributed by atoms with Gasteiger partial charge in [0.05, 0.1) is 0 Å². The molecular formula is C13H8OS2. The number of rotatable bonds is 1. The van der Waals surface area contributed by atoms with Crippen LogP contribution in [0.5, 0.6) is 0 Å². The van der Waals surface area contributed by atoms with Crippen molar-refractivity contribution in [2.24, 2.45) is 0 Å². The van der Waals surface area contributed by atoms with Gasteiger partial charge in [0.2, 0.25) is 4.74 Å². The third-order valence-electron chi connectivity index (χ3n) is 2.43. The van der Waals surface area contributed by atoms with E-state index in [0.29, 0.717) is 0 Å². The van der Waals surface area contributed by atoms with Crippen molar-refractivity contribution in [1.29, 1.82) is 0 Å². The molecular weight excluding hydrogens is 236 g/mol. The SMILES string of the molecule is O=c1sc(-c2cccs2)cc2ccccc12. The maximum atomic E-state index is 11.9. The molecule has 0 saturated carbocycles. The molecule has 0 unspecified atom stereocenters. The van der Waals surface area contributed by atoms with Gasteiger partial charge in [-0.3, -0.25) is 4.79 Å². The molecule has 0 bridgehead atoms. The van der Waals surface area contributed by atoms with E-state index in [2.05, 4.69) is 6.07 Å². The number of hydrogen-bond acceptors (Lipinski definition) is 3. The minimum atomic E-state index is 0.140. The lowest BCUT2D eigenvalue weighted by Crippen LogP contribution is -1.94. The molecule has 3 rings (SSSR count). The minimum Gasteiger partial charge on any atom is -0.277 e. The van der Waals surface area contributed by atoms with E-state index >= 15 is 0 Å². The molecule has 0 aliphatic carbocycles. The Morgan fingerprint density at radius 1 is 0.938 bits per heavy atom. The summed E-state index contributed by atoms with van der Waals surface area (Å²) in [6.45, 7) is 0. The summed E-state index contributed by atoms with van der Waals surface area (Å²) in [5.74, 6) is 0. The second-order valence-corrected chi connectivity index (χ2v) is 5.43. The summed E-state index contributed by atoms with van der Waals surface area (Å²) >= 11 is 2.98. The van der Waals surface area contributed by atoms with E-state index in [-0.39, 0.29) is 4.74 Å². The van der Waals surface area contributed by atoms with Crippen molar-refractivity contribution in [3.63, 3.8) is 0 Å². The van der Waals surface area contributed by atoms with Gasteiger partial charge in [0.15, 0.2) is 0 Å². The molecule has 78 valence electrons. The summed E-state index contributed by atoms with van der Waals surface area (Å²) in [4.78, 5) is 14.1. The maximum Gasteiger partial charge on any atom is 0.240 e. The van der Waals surface area contributed by atoms with E-state index < -0.39 is 0 Å². The van der Waals surface area contributed by atoms with Gasteiger partial charge in [-0.05, 0) is 29.0 Å². The van der Waals surface area contributed by atoms with Gasteiger partial charge >= 0.3 is 0 Å². The van der Waals surface area contributed by atoms with Gasteiger partial charge in [-0.2, -0.15) is 0 Å². The Hall–Kier alpha value is -1.45. The topological polar surface area (TPSA) is 17.1 Å². The van der Waals surface area contributed by atoms with E-state index in [1.807, 2.05) is 41.8 Å². The first-order valence-corrected chi connectivity index (χ1v) is 6.61. The summed E-state index contributed by atoms with van der Waals surface area (Å²) < 4.78 is 0.140. The van der Waals surface area contributed by atoms with Gasteiger partial charge in [-0.1, -0.05) is 35.6 Å². The molecule has 2 heterocycles. The number of thiophene rings is 1. The fourth-order valence-corrected chi connectivity index (χ4v) is 3.43. The largest absolute Gasteiger partial charge is 0.277 e. The van der Waals surface area contributed by atoms with Crippen LogP contribution in [-0.2, 0) is 0 Å². The highest BCUT2D eigenvalue weighted by molar-refractivity contribution is 7.20. The normalized spacial score (nSPS) is 10.8. The van der Waals surface area contributed by atoms with E-state index in [4.69, 9.17) is 0 Å². The first-order chi connectivity index (χ1) is 7.84. The average molecular weight is 244 g/mol. The Labute approximate surface area is 101 Å². The van der Waals surface area contributed by atoms with Crippen molar-refractivity contribution in [2.75, 3.05) is 0 Å². The molecule has 1 nitrogen and oxygen atoms in total. The molecule has 0 aliphatic rings. The summed E-state index contributed by atoms with van der Waals surface area (Å²) in [7, 11) is 0. The Kier molecular flexibility index (Phi) is 2.35. The van der Waals surface area contributed by atoms with E-state index in [1.54, 1.807) is 11.3 Å². The van der Waals surface area contributed by atoms with Crippen molar-refractivity contribution in [2.45, 2.75) is 0 Å². The third kappa shape index (κ3) is 1.58. The molecule has 3 aromatic rings. The van der Waals surface area contributed by atoms with Crippen LogP contribution in [0.1, 0.15) is 0 Å². The standard InChI is InChI=1S/C13H8OS2/c14-13-10-5-2-1-4-9(10)8-12(16-13)11-6-3-7-15-11/h1-8H. The van der Waals surface area contributed by atoms with E-state index in [1.165, 1.54) is 11.3 Å². The van der Waals surface area contributed by atoms with Crippen molar-refractivity contribution in [3.05, 3.63) is 57.4 Å². The van der Waals surface area contributed by atoms with Crippen LogP contribution >= 0.6 is 22.7 Å². The molecule has 0 N–H and O–H groups in total. The highest BCUT2D eigenvalue weighted by Crippen LogP contribution is 2.29. The minimum absolute atomic E-state index is 0.140. The average Bonchev–Trinajstić information content (AvgIpc) is 2.82. The second-order valence-electron chi connectivity index (χ2n) is 3.46. The lowest BCUT2D eigenvalue weighted by molar-refractivity contribution is 1.78. The van der Waals surface area contributed by atoms with Gasteiger partial charge in [0, 0.05) is 15.1 Å². The molecule has 0 amide bonds. The van der Waals surface area contributed by atoms with Crippen LogP contribution in [0.2, 0.25) is 0 Å². The Morgan fingerprint density at radius 2 is 1.81 bits per heavy atom. The number of benzene rings is 1. The quantitative estimate of drug-likeness (QED) is 0.632. The zero-order valence-electron chi connectivity index (χ0n) is 8.34. The van der Waals surface area contributed by atoms with Crippen LogP contribution in [0.3, 0.4) is 0 Å². The highest BCUT2D eigenvalue weighted by atomic mass is 32.1. The molecule has 3 heteroatoms. The maximum absolute atomic E-state index is 11.9. The molecule has 0 saturated heterocycles. The molecule has 1 aromatic carbocycles. The van der Waals surface area contributed by atoms with Crippen LogP contribution in [0.25, 0.3) is 20.5 Å². The molecule has 0 radical (unpaired) electrons. The van der Waals surface area contributed by atoms with Gasteiger partial charge < -0.3 is 0 Å². The van der Waals surface area contributed by atoms with Gasteiger partial charge in [0.25, 0.3) is 0 Å². The Morgan fingerprint density at radius 3 is 2.62 bits per heavy atom. The molecule has 0 aliphatic heterocycles. The van der Waals surface area contributed by atoms with Crippen molar-refractivity contribution in [3.8, 4) is 9.75 Å². The van der Waals surface area contributed by atoms with E-state index in [9.17, 15) is 4.79 Å². The smallest absolute Gasteiger partial charge is 0.240 e. The second kappa shape index (κ2) is 3.85. The lowest BCUT2D eigenvalue weighted by Gasteiger charge is -1.99. The summed E-state index contributed by atoms with van der Waals surface area (Å²) in [5.41, 5.74) is 0. The van der Waals surface area contributed by atoms with Crippen molar-refractivity contribution >= 4 is 33.4 Å². The predicted molar refractivity (Wildman–Crippen MR) is 71.4 cm³/mol. The fourth-order valence-electron chi connectivity index (χ4n) is 1.67. The number of fused-ring (bicyclic) bond motifs is 1. The zero-order valence-corrected chi connectivity index (χ0v) is 9.98. The first kappa shape index (κ1) is 9.75. The summed E-state index contributed by atoms with van der Waals surface area (Å²) in [5, 5.41) is 3.87. The van der Waals surface area contributed by atoms with Crippen molar-refractivity contribution < 1.29 is 0 Å². The molecule has 0 atom stereocenters. The summed E-state index contributed by atoms with van der Waals surface area (Å²) in [6, 6.07) is 13.9. The van der Waals surface area contributed by atoms with Gasteiger partial charge in [-0.25, -0.2) is 0 Å². The van der Waals surface area contributed by atoms with Gasteiger partial charge in [-0.15, -0.1) is 11.3 Å². The third-order valence-corrected chi connectivity index (χ3v) is 4.43. The predicted octanol–water partition coefficient (Wildman–Crippen LogP) is 3.99. The van der Waals surface area contributed by atoms with Gasteiger partial charge in [0.1, 0.15) is 0 Å². The number of hydrogen-bond donors (Lipinski definition) is 0. The Bertz CT molecular complexity index is 680. The van der Waals surface area contributed by atoms with Crippen molar-refractivity contribution in [1.82, 2.24) is 0 Å². The zero-order chi connectivity index (χ0) is 11.0. The van der Waals surface area contributed by atoms with E-state index in [0.717, 1.165) is 20.5 Å². The molecule has 0 fully saturated rings. The van der Waals surface area contributed by atoms with Crippen LogP contribution < -0.4 is 4.74 Å². The molecule has 16 heavy (non-hydrogen) atoms. The van der Waals surface area contributed by atoms with Crippen LogP contribution in [0.4, 0.5) is 0 Å². The first-order valence-electron chi connectivity index (χ1n) is 4.91. The van der Waals surface area contributed by atoms with Crippen LogP contribution in [0.15, 0.2) is 52.6 Å². The fraction of sp³-hybridized carbons (Fsp3) is 0. The molecule has 2 aromatic heterocycles. The van der Waals surface area contributed by atoms with Crippen LogP contribution in [-0.4, -0.2) is 0 Å². The molecule has 0 spiro atoms. The van der Waals surface area contributed by atoms with Crippen LogP contribution in [0, 0.1) is 0 Å². The summed E-state index contributed by atoms with van der Waals surface area (Å²) in [6.07, 6.45) is 0. The highest BCUT2D eigenvalue weighted by Gasteiger charge is 2.04.